The Balaban J connectivity index is 2.20. The van der Waals surface area contributed by atoms with E-state index in [-0.39, 0.29) is 11.7 Å². The third-order valence-electron chi connectivity index (χ3n) is 2.98. The van der Waals surface area contributed by atoms with Crippen LogP contribution in [-0.4, -0.2) is 5.16 Å². The number of anilines is 1. The molecule has 0 unspecified atom stereocenters. The lowest BCUT2D eigenvalue weighted by molar-refractivity contribution is 0.439. The van der Waals surface area contributed by atoms with Crippen LogP contribution in [0.5, 0.6) is 0 Å². The summed E-state index contributed by atoms with van der Waals surface area (Å²) >= 11 is 3.37. The van der Waals surface area contributed by atoms with Gasteiger partial charge in [-0.15, -0.1) is 0 Å². The quantitative estimate of drug-likeness (QED) is 0.752. The van der Waals surface area contributed by atoms with E-state index >= 15 is 0 Å². The van der Waals surface area contributed by atoms with E-state index in [0.29, 0.717) is 16.8 Å². The van der Waals surface area contributed by atoms with Gasteiger partial charge in [-0.3, -0.25) is 0 Å². The normalized spacial score (nSPS) is 10.7. The van der Waals surface area contributed by atoms with E-state index in [1.54, 1.807) is 18.2 Å². The topological polar surface area (TPSA) is 52.0 Å². The van der Waals surface area contributed by atoms with Gasteiger partial charge in [0.1, 0.15) is 11.5 Å². The van der Waals surface area contributed by atoms with Crippen molar-refractivity contribution in [2.24, 2.45) is 0 Å². The Bertz CT molecular complexity index is 753. The van der Waals surface area contributed by atoms with Crippen molar-refractivity contribution < 1.29 is 8.91 Å². The molecule has 5 heteroatoms. The van der Waals surface area contributed by atoms with E-state index in [1.807, 2.05) is 24.3 Å². The Morgan fingerprint density at radius 1 is 1.05 bits per heavy atom. The summed E-state index contributed by atoms with van der Waals surface area (Å²) in [7, 11) is 0. The molecule has 0 bridgehead atoms. The highest BCUT2D eigenvalue weighted by Gasteiger charge is 2.19. The molecule has 1 aromatic heterocycles. The number of nitrogens with zero attached hydrogens (tertiary/aromatic N) is 1. The van der Waals surface area contributed by atoms with Crippen molar-refractivity contribution in [3.8, 4) is 22.4 Å². The second-order valence-electron chi connectivity index (χ2n) is 4.26. The molecule has 2 N–H and O–H groups in total. The molecule has 0 aliphatic heterocycles. The van der Waals surface area contributed by atoms with Crippen molar-refractivity contribution in [1.82, 2.24) is 5.16 Å². The summed E-state index contributed by atoms with van der Waals surface area (Å²) in [5, 5.41) is 3.95. The van der Waals surface area contributed by atoms with Gasteiger partial charge in [0.2, 0.25) is 5.88 Å². The van der Waals surface area contributed by atoms with Crippen molar-refractivity contribution in [3.05, 3.63) is 58.8 Å². The zero-order chi connectivity index (χ0) is 14.1. The number of aromatic nitrogens is 1. The molecule has 0 radical (unpaired) electrons. The minimum Gasteiger partial charge on any atom is -0.367 e. The van der Waals surface area contributed by atoms with Crippen molar-refractivity contribution in [2.75, 3.05) is 5.73 Å². The Morgan fingerprint density at radius 2 is 1.75 bits per heavy atom. The predicted octanol–water partition coefficient (Wildman–Crippen LogP) is 4.49. The standard InChI is InChI=1S/C15H10BrFN2O/c16-10-7-5-9(6-8-10)14-13(15(18)20-19-14)11-3-1-2-4-12(11)17/h1-8H,18H2. The summed E-state index contributed by atoms with van der Waals surface area (Å²) in [6, 6.07) is 13.9. The lowest BCUT2D eigenvalue weighted by Gasteiger charge is -2.04. The number of nitrogen functional groups attached to an aromatic ring is 1. The second kappa shape index (κ2) is 5.09. The number of hydrogen-bond donors (Lipinski definition) is 1. The van der Waals surface area contributed by atoms with E-state index in [9.17, 15) is 4.39 Å². The van der Waals surface area contributed by atoms with Crippen LogP contribution in [0, 0.1) is 5.82 Å². The Labute approximate surface area is 123 Å². The smallest absolute Gasteiger partial charge is 0.230 e. The number of halogens is 2. The fourth-order valence-corrected chi connectivity index (χ4v) is 2.30. The van der Waals surface area contributed by atoms with Crippen molar-refractivity contribution in [2.45, 2.75) is 0 Å². The van der Waals surface area contributed by atoms with Crippen LogP contribution in [0.4, 0.5) is 10.3 Å². The zero-order valence-electron chi connectivity index (χ0n) is 10.3. The second-order valence-corrected chi connectivity index (χ2v) is 5.17. The maximum atomic E-state index is 14.0. The molecule has 2 aromatic carbocycles. The van der Waals surface area contributed by atoms with Gasteiger partial charge < -0.3 is 10.3 Å². The first-order valence-electron chi connectivity index (χ1n) is 5.93. The molecule has 0 aliphatic carbocycles. The highest BCUT2D eigenvalue weighted by Crippen LogP contribution is 2.37. The van der Waals surface area contributed by atoms with Gasteiger partial charge in [0.15, 0.2) is 0 Å². The van der Waals surface area contributed by atoms with Crippen LogP contribution in [0.15, 0.2) is 57.5 Å². The number of benzene rings is 2. The third kappa shape index (κ3) is 2.20. The van der Waals surface area contributed by atoms with Gasteiger partial charge >= 0.3 is 0 Å². The monoisotopic (exact) mass is 332 g/mol. The lowest BCUT2D eigenvalue weighted by Crippen LogP contribution is -1.90. The predicted molar refractivity (Wildman–Crippen MR) is 79.4 cm³/mol. The lowest BCUT2D eigenvalue weighted by atomic mass is 10.0. The molecule has 0 fully saturated rings. The molecule has 100 valence electrons. The average molecular weight is 333 g/mol. The van der Waals surface area contributed by atoms with Gasteiger partial charge in [-0.05, 0) is 18.2 Å². The largest absolute Gasteiger partial charge is 0.367 e. The molecular weight excluding hydrogens is 323 g/mol. The van der Waals surface area contributed by atoms with E-state index in [2.05, 4.69) is 21.1 Å². The van der Waals surface area contributed by atoms with E-state index in [4.69, 9.17) is 10.3 Å². The maximum Gasteiger partial charge on any atom is 0.230 e. The summed E-state index contributed by atoms with van der Waals surface area (Å²) in [5.74, 6) is -0.256. The summed E-state index contributed by atoms with van der Waals surface area (Å²) in [4.78, 5) is 0. The van der Waals surface area contributed by atoms with Gasteiger partial charge in [0.25, 0.3) is 0 Å². The van der Waals surface area contributed by atoms with Crippen molar-refractivity contribution >= 4 is 21.8 Å². The third-order valence-corrected chi connectivity index (χ3v) is 3.51. The highest BCUT2D eigenvalue weighted by molar-refractivity contribution is 9.10. The van der Waals surface area contributed by atoms with Crippen LogP contribution in [-0.2, 0) is 0 Å². The number of rotatable bonds is 2. The molecule has 0 atom stereocenters. The van der Waals surface area contributed by atoms with Gasteiger partial charge in [-0.2, -0.15) is 0 Å². The van der Waals surface area contributed by atoms with Crippen molar-refractivity contribution in [3.63, 3.8) is 0 Å². The maximum absolute atomic E-state index is 14.0. The fourth-order valence-electron chi connectivity index (χ4n) is 2.03. The molecule has 3 nitrogen and oxygen atoms in total. The van der Waals surface area contributed by atoms with Gasteiger partial charge in [0, 0.05) is 15.6 Å². The van der Waals surface area contributed by atoms with E-state index in [1.165, 1.54) is 6.07 Å². The Hall–Kier alpha value is -2.14. The minimum atomic E-state index is -0.360. The SMILES string of the molecule is Nc1onc(-c2ccc(Br)cc2)c1-c1ccccc1F. The van der Waals surface area contributed by atoms with Crippen LogP contribution in [0.2, 0.25) is 0 Å². The van der Waals surface area contributed by atoms with Gasteiger partial charge in [-0.1, -0.05) is 51.4 Å². The highest BCUT2D eigenvalue weighted by atomic mass is 79.9. The van der Waals surface area contributed by atoms with Crippen LogP contribution >= 0.6 is 15.9 Å². The Kier molecular flexibility index (Phi) is 3.28. The summed E-state index contributed by atoms with van der Waals surface area (Å²) in [5.41, 5.74) is 8.00. The van der Waals surface area contributed by atoms with Crippen LogP contribution < -0.4 is 5.73 Å². The molecule has 20 heavy (non-hydrogen) atoms. The van der Waals surface area contributed by atoms with Crippen LogP contribution in [0.25, 0.3) is 22.4 Å². The summed E-state index contributed by atoms with van der Waals surface area (Å²) in [6.07, 6.45) is 0. The van der Waals surface area contributed by atoms with Gasteiger partial charge in [0.05, 0.1) is 5.56 Å². The average Bonchev–Trinajstić information content (AvgIpc) is 2.82. The molecular formula is C15H10BrFN2O. The molecule has 0 spiro atoms. The van der Waals surface area contributed by atoms with Crippen LogP contribution in [0.1, 0.15) is 0 Å². The van der Waals surface area contributed by atoms with Crippen molar-refractivity contribution in [1.29, 1.82) is 0 Å². The molecule has 0 aliphatic rings. The van der Waals surface area contributed by atoms with Crippen LogP contribution in [0.3, 0.4) is 0 Å². The molecule has 1 heterocycles. The first kappa shape index (κ1) is 12.9. The zero-order valence-corrected chi connectivity index (χ0v) is 11.9. The number of hydrogen-bond acceptors (Lipinski definition) is 3. The van der Waals surface area contributed by atoms with E-state index in [0.717, 1.165) is 10.0 Å². The molecule has 0 saturated heterocycles. The first-order valence-corrected chi connectivity index (χ1v) is 6.72. The fraction of sp³-hybridized carbons (Fsp3) is 0. The molecule has 0 saturated carbocycles. The molecule has 0 amide bonds. The first-order chi connectivity index (χ1) is 9.66. The summed E-state index contributed by atoms with van der Waals surface area (Å²) < 4.78 is 19.9. The van der Waals surface area contributed by atoms with E-state index < -0.39 is 0 Å². The number of nitrogens with two attached hydrogens (primary N) is 1. The minimum absolute atomic E-state index is 0.105. The Morgan fingerprint density at radius 3 is 2.45 bits per heavy atom. The van der Waals surface area contributed by atoms with Gasteiger partial charge in [-0.25, -0.2) is 4.39 Å². The molecule has 3 aromatic rings. The summed E-state index contributed by atoms with van der Waals surface area (Å²) in [6.45, 7) is 0. The molecule has 3 rings (SSSR count).